The molecule has 0 aromatic heterocycles. The van der Waals surface area contributed by atoms with Gasteiger partial charge in [0, 0.05) is 0 Å². The average molecular weight is 250 g/mol. The van der Waals surface area contributed by atoms with E-state index in [1.54, 1.807) is 13.0 Å². The Bertz CT molecular complexity index is 469. The van der Waals surface area contributed by atoms with Crippen LogP contribution in [0.1, 0.15) is 47.1 Å². The molecule has 0 aliphatic heterocycles. The van der Waals surface area contributed by atoms with Gasteiger partial charge in [0.25, 0.3) is 0 Å². The molecule has 1 aromatic carbocycles. The molecule has 0 atom stereocenters. The topological polar surface area (TPSA) is 63.6 Å². The van der Waals surface area contributed by atoms with Gasteiger partial charge in [0.05, 0.1) is 17.7 Å². The second-order valence-electron chi connectivity index (χ2n) is 5.49. The van der Waals surface area contributed by atoms with E-state index < -0.39 is 11.9 Å². The molecule has 1 N–H and O–H groups in total. The van der Waals surface area contributed by atoms with E-state index in [9.17, 15) is 9.59 Å². The molecule has 0 bridgehead atoms. The summed E-state index contributed by atoms with van der Waals surface area (Å²) in [5, 5.41) is 9.06. The van der Waals surface area contributed by atoms with E-state index in [0.29, 0.717) is 0 Å². The Morgan fingerprint density at radius 2 is 1.83 bits per heavy atom. The van der Waals surface area contributed by atoms with Gasteiger partial charge in [-0.2, -0.15) is 0 Å². The lowest BCUT2D eigenvalue weighted by Gasteiger charge is -2.18. The number of esters is 1. The van der Waals surface area contributed by atoms with Crippen molar-refractivity contribution in [1.29, 1.82) is 0 Å². The molecule has 0 amide bonds. The highest BCUT2D eigenvalue weighted by Gasteiger charge is 2.20. The number of rotatable bonds is 3. The van der Waals surface area contributed by atoms with Crippen LogP contribution in [0.2, 0.25) is 0 Å². The monoisotopic (exact) mass is 250 g/mol. The van der Waals surface area contributed by atoms with Crippen LogP contribution in [0, 0.1) is 12.3 Å². The maximum absolute atomic E-state index is 11.8. The maximum atomic E-state index is 11.8. The summed E-state index contributed by atoms with van der Waals surface area (Å²) < 4.78 is 5.12. The standard InChI is InChI=1S/C14H18O4/c1-9-5-6-10(11(7-9)12(15)16)13(17)18-8-14(2,3)4/h5-7H,8H2,1-4H3,(H,15,16). The van der Waals surface area contributed by atoms with Crippen molar-refractivity contribution in [2.75, 3.05) is 6.61 Å². The van der Waals surface area contributed by atoms with Crippen LogP contribution in [0.3, 0.4) is 0 Å². The Kier molecular flexibility index (Phi) is 4.11. The van der Waals surface area contributed by atoms with Crippen molar-refractivity contribution in [1.82, 2.24) is 0 Å². The molecule has 18 heavy (non-hydrogen) atoms. The smallest absolute Gasteiger partial charge is 0.339 e. The van der Waals surface area contributed by atoms with E-state index in [1.165, 1.54) is 12.1 Å². The van der Waals surface area contributed by atoms with E-state index in [1.807, 2.05) is 20.8 Å². The second-order valence-corrected chi connectivity index (χ2v) is 5.49. The van der Waals surface area contributed by atoms with Crippen LogP contribution < -0.4 is 0 Å². The fraction of sp³-hybridized carbons (Fsp3) is 0.429. The lowest BCUT2D eigenvalue weighted by atomic mass is 9.98. The number of carboxylic acids is 1. The first-order valence-corrected chi connectivity index (χ1v) is 5.72. The molecule has 1 rings (SSSR count). The molecule has 4 heteroatoms. The van der Waals surface area contributed by atoms with Gasteiger partial charge in [0.2, 0.25) is 0 Å². The minimum absolute atomic E-state index is 0.0195. The largest absolute Gasteiger partial charge is 0.478 e. The summed E-state index contributed by atoms with van der Waals surface area (Å²) in [5.74, 6) is -1.72. The third kappa shape index (κ3) is 3.87. The van der Waals surface area contributed by atoms with Crippen LogP contribution in [0.25, 0.3) is 0 Å². The quantitative estimate of drug-likeness (QED) is 0.838. The Hall–Kier alpha value is -1.84. The van der Waals surface area contributed by atoms with Gasteiger partial charge in [0.15, 0.2) is 0 Å². The molecule has 4 nitrogen and oxygen atoms in total. The molecule has 0 aliphatic rings. The number of benzene rings is 1. The maximum Gasteiger partial charge on any atom is 0.339 e. The summed E-state index contributed by atoms with van der Waals surface area (Å²) >= 11 is 0. The van der Waals surface area contributed by atoms with Crippen molar-refractivity contribution < 1.29 is 19.4 Å². The third-order valence-corrected chi connectivity index (χ3v) is 2.26. The fourth-order valence-electron chi connectivity index (χ4n) is 1.37. The first kappa shape index (κ1) is 14.2. The first-order chi connectivity index (χ1) is 8.20. The van der Waals surface area contributed by atoms with Gasteiger partial charge in [-0.3, -0.25) is 0 Å². The SMILES string of the molecule is Cc1ccc(C(=O)OCC(C)(C)C)c(C(=O)O)c1. The zero-order valence-corrected chi connectivity index (χ0v) is 11.1. The van der Waals surface area contributed by atoms with Crippen molar-refractivity contribution in [3.63, 3.8) is 0 Å². The molecule has 0 saturated carbocycles. The zero-order valence-electron chi connectivity index (χ0n) is 11.1. The normalized spacial score (nSPS) is 11.1. The first-order valence-electron chi connectivity index (χ1n) is 5.72. The Morgan fingerprint density at radius 3 is 2.33 bits per heavy atom. The number of carbonyl (C=O) groups excluding carboxylic acids is 1. The molecule has 1 aromatic rings. The van der Waals surface area contributed by atoms with Gasteiger partial charge in [-0.1, -0.05) is 32.4 Å². The van der Waals surface area contributed by atoms with Gasteiger partial charge >= 0.3 is 11.9 Å². The number of hydrogen-bond acceptors (Lipinski definition) is 3. The van der Waals surface area contributed by atoms with E-state index in [2.05, 4.69) is 0 Å². The summed E-state index contributed by atoms with van der Waals surface area (Å²) in [4.78, 5) is 22.9. The molecule has 98 valence electrons. The Morgan fingerprint density at radius 1 is 1.22 bits per heavy atom. The van der Waals surface area contributed by atoms with Crippen LogP contribution in [-0.4, -0.2) is 23.7 Å². The molecular formula is C14H18O4. The van der Waals surface area contributed by atoms with E-state index in [4.69, 9.17) is 9.84 Å². The molecule has 0 fully saturated rings. The van der Waals surface area contributed by atoms with Crippen molar-refractivity contribution in [2.24, 2.45) is 5.41 Å². The van der Waals surface area contributed by atoms with Gasteiger partial charge < -0.3 is 9.84 Å². The zero-order chi connectivity index (χ0) is 13.9. The van der Waals surface area contributed by atoms with Gasteiger partial charge in [-0.15, -0.1) is 0 Å². The number of aryl methyl sites for hydroxylation is 1. The predicted octanol–water partition coefficient (Wildman–Crippen LogP) is 2.90. The van der Waals surface area contributed by atoms with Crippen molar-refractivity contribution >= 4 is 11.9 Å². The number of ether oxygens (including phenoxy) is 1. The predicted molar refractivity (Wildman–Crippen MR) is 67.9 cm³/mol. The number of aromatic carboxylic acids is 1. The summed E-state index contributed by atoms with van der Waals surface area (Å²) in [7, 11) is 0. The lowest BCUT2D eigenvalue weighted by Crippen LogP contribution is -2.20. The Balaban J connectivity index is 2.95. The molecule has 0 spiro atoms. The van der Waals surface area contributed by atoms with Crippen molar-refractivity contribution in [3.05, 3.63) is 34.9 Å². The molecule has 0 radical (unpaired) electrons. The van der Waals surface area contributed by atoms with E-state index >= 15 is 0 Å². The molecule has 0 unspecified atom stereocenters. The van der Waals surface area contributed by atoms with Gasteiger partial charge in [-0.25, -0.2) is 9.59 Å². The molecule has 0 saturated heterocycles. The van der Waals surface area contributed by atoms with Crippen LogP contribution in [0.4, 0.5) is 0 Å². The van der Waals surface area contributed by atoms with Crippen LogP contribution in [-0.2, 0) is 4.74 Å². The van der Waals surface area contributed by atoms with E-state index in [0.717, 1.165) is 5.56 Å². The highest BCUT2D eigenvalue weighted by molar-refractivity contribution is 6.02. The van der Waals surface area contributed by atoms with E-state index in [-0.39, 0.29) is 23.1 Å². The van der Waals surface area contributed by atoms with Crippen LogP contribution >= 0.6 is 0 Å². The van der Waals surface area contributed by atoms with Crippen molar-refractivity contribution in [2.45, 2.75) is 27.7 Å². The minimum atomic E-state index is -1.12. The lowest BCUT2D eigenvalue weighted by molar-refractivity contribution is 0.0361. The van der Waals surface area contributed by atoms with Crippen LogP contribution in [0.15, 0.2) is 18.2 Å². The molecular weight excluding hydrogens is 232 g/mol. The third-order valence-electron chi connectivity index (χ3n) is 2.26. The second kappa shape index (κ2) is 5.21. The highest BCUT2D eigenvalue weighted by Crippen LogP contribution is 2.17. The summed E-state index contributed by atoms with van der Waals surface area (Å²) in [6.07, 6.45) is 0. The highest BCUT2D eigenvalue weighted by atomic mass is 16.5. The average Bonchev–Trinajstić information content (AvgIpc) is 2.24. The minimum Gasteiger partial charge on any atom is -0.478 e. The van der Waals surface area contributed by atoms with Gasteiger partial charge in [0.1, 0.15) is 0 Å². The molecule has 0 heterocycles. The summed E-state index contributed by atoms with van der Waals surface area (Å²) in [5.41, 5.74) is 0.718. The number of hydrogen-bond donors (Lipinski definition) is 1. The van der Waals surface area contributed by atoms with Crippen molar-refractivity contribution in [3.8, 4) is 0 Å². The summed E-state index contributed by atoms with van der Waals surface area (Å²) in [6.45, 7) is 7.84. The van der Waals surface area contributed by atoms with Crippen LogP contribution in [0.5, 0.6) is 0 Å². The van der Waals surface area contributed by atoms with Gasteiger partial charge in [-0.05, 0) is 24.5 Å². The number of carboxylic acid groups (broad SMARTS) is 1. The number of carbonyl (C=O) groups is 2. The Labute approximate surface area is 107 Å². The fourth-order valence-corrected chi connectivity index (χ4v) is 1.37. The summed E-state index contributed by atoms with van der Waals surface area (Å²) in [6, 6.07) is 4.65. The molecule has 0 aliphatic carbocycles.